The second-order valence-electron chi connectivity index (χ2n) is 15.6. The van der Waals surface area contributed by atoms with E-state index in [4.69, 9.17) is 14.2 Å². The van der Waals surface area contributed by atoms with Gasteiger partial charge in [0.25, 0.3) is 0 Å². The van der Waals surface area contributed by atoms with Gasteiger partial charge in [-0.3, -0.25) is 9.59 Å². The molecule has 0 N–H and O–H groups in total. The second-order valence-corrected chi connectivity index (χ2v) is 15.6. The average molecular weight is 783 g/mol. The Morgan fingerprint density at radius 2 is 0.839 bits per heavy atom. The summed E-state index contributed by atoms with van der Waals surface area (Å²) in [5.74, 6) is -0.492. The van der Waals surface area contributed by atoms with Gasteiger partial charge >= 0.3 is 11.9 Å². The Morgan fingerprint density at radius 3 is 1.36 bits per heavy atom. The molecular formula is C51H90O5. The Balaban J connectivity index is 4.29. The first-order chi connectivity index (χ1) is 27.6. The lowest BCUT2D eigenvalue weighted by molar-refractivity contribution is -0.162. The summed E-state index contributed by atoms with van der Waals surface area (Å²) in [4.78, 5) is 25.2. The van der Waals surface area contributed by atoms with Gasteiger partial charge in [0.15, 0.2) is 6.10 Å². The quantitative estimate of drug-likeness (QED) is 0.0350. The van der Waals surface area contributed by atoms with E-state index in [9.17, 15) is 9.59 Å². The van der Waals surface area contributed by atoms with Crippen molar-refractivity contribution in [1.82, 2.24) is 0 Å². The highest BCUT2D eigenvalue weighted by Crippen LogP contribution is 2.13. The van der Waals surface area contributed by atoms with E-state index in [1.165, 1.54) is 128 Å². The molecule has 0 aromatic carbocycles. The van der Waals surface area contributed by atoms with E-state index in [0.29, 0.717) is 25.9 Å². The number of ether oxygens (including phenoxy) is 3. The van der Waals surface area contributed by atoms with Gasteiger partial charge in [0, 0.05) is 19.4 Å². The zero-order chi connectivity index (χ0) is 40.7. The Morgan fingerprint density at radius 1 is 0.411 bits per heavy atom. The van der Waals surface area contributed by atoms with Gasteiger partial charge in [0.05, 0.1) is 6.61 Å². The van der Waals surface area contributed by atoms with E-state index in [2.05, 4.69) is 75.5 Å². The maximum atomic E-state index is 12.7. The summed E-state index contributed by atoms with van der Waals surface area (Å²) in [5, 5.41) is 0. The van der Waals surface area contributed by atoms with Crippen LogP contribution in [0.4, 0.5) is 0 Å². The minimum absolute atomic E-state index is 0.0555. The van der Waals surface area contributed by atoms with Crippen molar-refractivity contribution >= 4 is 11.9 Å². The van der Waals surface area contributed by atoms with E-state index in [1.807, 2.05) is 6.08 Å². The first kappa shape index (κ1) is 53.6. The lowest BCUT2D eigenvalue weighted by Crippen LogP contribution is -2.30. The molecule has 0 radical (unpaired) electrons. The summed E-state index contributed by atoms with van der Waals surface area (Å²) in [5.41, 5.74) is 0. The van der Waals surface area contributed by atoms with Crippen LogP contribution in [-0.4, -0.2) is 37.9 Å². The predicted molar refractivity (Wildman–Crippen MR) is 242 cm³/mol. The van der Waals surface area contributed by atoms with Crippen molar-refractivity contribution in [2.45, 2.75) is 232 Å². The van der Waals surface area contributed by atoms with Crippen LogP contribution in [0.1, 0.15) is 226 Å². The second kappa shape index (κ2) is 47.0. The molecule has 0 fully saturated rings. The molecule has 5 heteroatoms. The van der Waals surface area contributed by atoms with Crippen LogP contribution < -0.4 is 0 Å². The average Bonchev–Trinajstić information content (AvgIpc) is 3.20. The lowest BCUT2D eigenvalue weighted by atomic mass is 10.1. The number of hydrogen-bond donors (Lipinski definition) is 0. The first-order valence-electron chi connectivity index (χ1n) is 23.8. The van der Waals surface area contributed by atoms with Crippen LogP contribution in [0.5, 0.6) is 0 Å². The van der Waals surface area contributed by atoms with Crippen molar-refractivity contribution in [3.8, 4) is 0 Å². The molecule has 0 rings (SSSR count). The predicted octanol–water partition coefficient (Wildman–Crippen LogP) is 15.8. The van der Waals surface area contributed by atoms with E-state index in [-0.39, 0.29) is 25.2 Å². The van der Waals surface area contributed by atoms with Gasteiger partial charge < -0.3 is 14.2 Å². The van der Waals surface area contributed by atoms with Crippen LogP contribution >= 0.6 is 0 Å². The van der Waals surface area contributed by atoms with E-state index >= 15 is 0 Å². The van der Waals surface area contributed by atoms with Gasteiger partial charge in [-0.1, -0.05) is 204 Å². The molecule has 1 unspecified atom stereocenters. The third kappa shape index (κ3) is 44.3. The largest absolute Gasteiger partial charge is 0.462 e. The molecular weight excluding hydrogens is 693 g/mol. The lowest BCUT2D eigenvalue weighted by Gasteiger charge is -2.18. The van der Waals surface area contributed by atoms with Crippen LogP contribution in [0.3, 0.4) is 0 Å². The van der Waals surface area contributed by atoms with Crippen LogP contribution in [0, 0.1) is 0 Å². The smallest absolute Gasteiger partial charge is 0.306 e. The molecule has 0 aromatic rings. The summed E-state index contributed by atoms with van der Waals surface area (Å²) in [6.45, 7) is 7.63. The van der Waals surface area contributed by atoms with Crippen molar-refractivity contribution in [1.29, 1.82) is 0 Å². The summed E-state index contributed by atoms with van der Waals surface area (Å²) >= 11 is 0. The van der Waals surface area contributed by atoms with E-state index < -0.39 is 6.10 Å². The zero-order valence-electron chi connectivity index (χ0n) is 37.1. The normalized spacial score (nSPS) is 12.7. The number of carbonyl (C=O) groups is 2. The van der Waals surface area contributed by atoms with Crippen LogP contribution in [-0.2, 0) is 23.8 Å². The van der Waals surface area contributed by atoms with Crippen molar-refractivity contribution in [3.63, 3.8) is 0 Å². The molecule has 0 aliphatic carbocycles. The monoisotopic (exact) mass is 783 g/mol. The summed E-state index contributed by atoms with van der Waals surface area (Å²) in [7, 11) is 0. The SMILES string of the molecule is CC/C=C\C/C=C\C/C=C\C/C=C\CCC(=O)OC(COCCCCCCCCCCCC)COC(=O)CCCCCCCCC/C=C\CCCCCCCC. The fourth-order valence-corrected chi connectivity index (χ4v) is 6.52. The number of hydrogen-bond acceptors (Lipinski definition) is 5. The number of rotatable bonds is 43. The molecule has 0 aliphatic rings. The molecule has 0 saturated carbocycles. The molecule has 0 saturated heterocycles. The van der Waals surface area contributed by atoms with Gasteiger partial charge in [0.1, 0.15) is 6.61 Å². The number of esters is 2. The molecule has 0 bridgehead atoms. The third-order valence-corrected chi connectivity index (χ3v) is 10.1. The first-order valence-corrected chi connectivity index (χ1v) is 23.8. The fraction of sp³-hybridized carbons (Fsp3) is 0.765. The zero-order valence-corrected chi connectivity index (χ0v) is 37.1. The van der Waals surface area contributed by atoms with Crippen LogP contribution in [0.25, 0.3) is 0 Å². The topological polar surface area (TPSA) is 61.8 Å². The van der Waals surface area contributed by atoms with Gasteiger partial charge in [-0.05, 0) is 70.6 Å². The molecule has 1 atom stereocenters. The third-order valence-electron chi connectivity index (χ3n) is 10.1. The molecule has 0 aromatic heterocycles. The van der Waals surface area contributed by atoms with Gasteiger partial charge in [-0.15, -0.1) is 0 Å². The molecule has 0 spiro atoms. The minimum Gasteiger partial charge on any atom is -0.462 e. The fourth-order valence-electron chi connectivity index (χ4n) is 6.52. The van der Waals surface area contributed by atoms with Crippen LogP contribution in [0.2, 0.25) is 0 Å². The Labute approximate surface area is 347 Å². The number of unbranched alkanes of at least 4 members (excludes halogenated alkanes) is 22. The Hall–Kier alpha value is -2.40. The molecule has 0 heterocycles. The Bertz CT molecular complexity index is 977. The van der Waals surface area contributed by atoms with Gasteiger partial charge in [-0.2, -0.15) is 0 Å². The molecule has 0 aliphatic heterocycles. The highest BCUT2D eigenvalue weighted by molar-refractivity contribution is 5.70. The van der Waals surface area contributed by atoms with Gasteiger partial charge in [-0.25, -0.2) is 0 Å². The highest BCUT2D eigenvalue weighted by Gasteiger charge is 2.17. The van der Waals surface area contributed by atoms with Crippen molar-refractivity contribution < 1.29 is 23.8 Å². The van der Waals surface area contributed by atoms with E-state index in [1.54, 1.807) is 0 Å². The maximum absolute atomic E-state index is 12.7. The number of carbonyl (C=O) groups excluding carboxylic acids is 2. The van der Waals surface area contributed by atoms with Crippen LogP contribution in [0.15, 0.2) is 60.8 Å². The highest BCUT2D eigenvalue weighted by atomic mass is 16.6. The van der Waals surface area contributed by atoms with Crippen molar-refractivity contribution in [3.05, 3.63) is 60.8 Å². The molecule has 0 amide bonds. The standard InChI is InChI=1S/C51H90O5/c1-4-7-10-13-16-19-22-24-25-26-27-29-30-32-35-38-41-44-50(52)55-48-49(47-54-46-43-40-37-34-21-18-15-12-9-6-3)56-51(53)45-42-39-36-33-31-28-23-20-17-14-11-8-5-2/h8,11,17,20,24-25,28,31,36,39,49H,4-7,9-10,12-16,18-19,21-23,26-27,29-30,32-35,37-38,40-48H2,1-3H3/b11-8-,20-17-,25-24-,31-28-,39-36-. The van der Waals surface area contributed by atoms with Gasteiger partial charge in [0.2, 0.25) is 0 Å². The maximum Gasteiger partial charge on any atom is 0.306 e. The minimum atomic E-state index is -0.572. The van der Waals surface area contributed by atoms with Crippen molar-refractivity contribution in [2.75, 3.05) is 19.8 Å². The Kier molecular flexibility index (Phi) is 45.0. The molecule has 5 nitrogen and oxygen atoms in total. The summed E-state index contributed by atoms with van der Waals surface area (Å²) < 4.78 is 17.2. The number of allylic oxidation sites excluding steroid dienone is 10. The summed E-state index contributed by atoms with van der Waals surface area (Å²) in [6.07, 6.45) is 58.1. The molecule has 56 heavy (non-hydrogen) atoms. The summed E-state index contributed by atoms with van der Waals surface area (Å²) in [6, 6.07) is 0. The van der Waals surface area contributed by atoms with E-state index in [0.717, 1.165) is 57.8 Å². The molecule has 324 valence electrons. The van der Waals surface area contributed by atoms with Crippen molar-refractivity contribution in [2.24, 2.45) is 0 Å².